The number of ether oxygens (including phenoxy) is 2. The van der Waals surface area contributed by atoms with E-state index in [1.54, 1.807) is 35.2 Å². The Labute approximate surface area is 226 Å². The van der Waals surface area contributed by atoms with Crippen LogP contribution in [-0.4, -0.2) is 22.3 Å². The normalized spacial score (nSPS) is 14.4. The number of amides is 1. The molecule has 0 bridgehead atoms. The number of rotatable bonds is 7. The predicted molar refractivity (Wildman–Crippen MR) is 150 cm³/mol. The summed E-state index contributed by atoms with van der Waals surface area (Å²) in [5, 5.41) is 10.8. The number of non-ortho nitro benzene ring substituents is 1. The minimum Gasteiger partial charge on any atom is -0.493 e. The second-order valence-electron chi connectivity index (χ2n) is 8.02. The Kier molecular flexibility index (Phi) is 7.77. The molecule has 1 amide bonds. The number of halogens is 1. The van der Waals surface area contributed by atoms with E-state index in [0.29, 0.717) is 25.2 Å². The standard InChI is InChI=1S/C26H21BrN2O5S2/c1-15-4-7-20(10-16(15)2)28-25(30)24(36-26(28)35)12-18-11-22(33-3)23(13-21(18)27)34-14-17-5-8-19(9-6-17)29(31)32/h4-13H,14H2,1-3H3/b24-12+. The molecule has 0 saturated carbocycles. The van der Waals surface area contributed by atoms with Gasteiger partial charge in [0.25, 0.3) is 11.6 Å². The lowest BCUT2D eigenvalue weighted by Gasteiger charge is -2.16. The number of benzene rings is 3. The Hall–Kier alpha value is -3.21. The number of carbonyl (C=O) groups excluding carboxylic acids is 1. The first-order valence-corrected chi connectivity index (χ1v) is 12.8. The topological polar surface area (TPSA) is 81.9 Å². The quantitative estimate of drug-likeness (QED) is 0.128. The molecule has 0 aromatic heterocycles. The molecule has 4 rings (SSSR count). The zero-order valence-corrected chi connectivity index (χ0v) is 22.8. The van der Waals surface area contributed by atoms with Crippen molar-refractivity contribution in [1.82, 2.24) is 0 Å². The van der Waals surface area contributed by atoms with E-state index in [2.05, 4.69) is 15.9 Å². The van der Waals surface area contributed by atoms with Crippen LogP contribution in [-0.2, 0) is 11.4 Å². The number of nitro groups is 1. The highest BCUT2D eigenvalue weighted by molar-refractivity contribution is 9.10. The van der Waals surface area contributed by atoms with Gasteiger partial charge in [-0.25, -0.2) is 0 Å². The Morgan fingerprint density at radius 1 is 1.08 bits per heavy atom. The molecule has 0 radical (unpaired) electrons. The van der Waals surface area contributed by atoms with Gasteiger partial charge in [-0.15, -0.1) is 0 Å². The highest BCUT2D eigenvalue weighted by Gasteiger charge is 2.33. The molecule has 1 fully saturated rings. The molecule has 1 aliphatic heterocycles. The van der Waals surface area contributed by atoms with Gasteiger partial charge in [0.15, 0.2) is 15.8 Å². The summed E-state index contributed by atoms with van der Waals surface area (Å²) in [5.41, 5.74) is 4.50. The van der Waals surface area contributed by atoms with E-state index in [1.807, 2.05) is 32.0 Å². The van der Waals surface area contributed by atoms with Gasteiger partial charge < -0.3 is 9.47 Å². The van der Waals surface area contributed by atoms with E-state index in [1.165, 1.54) is 31.0 Å². The zero-order valence-electron chi connectivity index (χ0n) is 19.6. The second kappa shape index (κ2) is 10.8. The molecular weight excluding hydrogens is 564 g/mol. The summed E-state index contributed by atoms with van der Waals surface area (Å²) >= 11 is 10.3. The number of anilines is 1. The molecule has 1 heterocycles. The summed E-state index contributed by atoms with van der Waals surface area (Å²) in [7, 11) is 1.53. The second-order valence-corrected chi connectivity index (χ2v) is 10.6. The van der Waals surface area contributed by atoms with Gasteiger partial charge >= 0.3 is 0 Å². The van der Waals surface area contributed by atoms with Gasteiger partial charge in [0.2, 0.25) is 0 Å². The molecule has 0 spiro atoms. The van der Waals surface area contributed by atoms with Gasteiger partial charge in [0.1, 0.15) is 6.61 Å². The Bertz CT molecular complexity index is 1410. The van der Waals surface area contributed by atoms with E-state index in [9.17, 15) is 14.9 Å². The molecular formula is C26H21BrN2O5S2. The van der Waals surface area contributed by atoms with E-state index in [-0.39, 0.29) is 18.2 Å². The fraction of sp³-hybridized carbons (Fsp3) is 0.154. The van der Waals surface area contributed by atoms with Gasteiger partial charge in [0, 0.05) is 16.6 Å². The van der Waals surface area contributed by atoms with Crippen LogP contribution in [0.5, 0.6) is 11.5 Å². The van der Waals surface area contributed by atoms with Gasteiger partial charge in [-0.2, -0.15) is 0 Å². The summed E-state index contributed by atoms with van der Waals surface area (Å²) in [6, 6.07) is 15.5. The van der Waals surface area contributed by atoms with Gasteiger partial charge in [-0.1, -0.05) is 46.0 Å². The third-order valence-electron chi connectivity index (χ3n) is 5.65. The van der Waals surface area contributed by atoms with Gasteiger partial charge in [-0.05, 0) is 78.6 Å². The Morgan fingerprint density at radius 3 is 2.44 bits per heavy atom. The Balaban J connectivity index is 1.55. The van der Waals surface area contributed by atoms with Crippen molar-refractivity contribution in [2.45, 2.75) is 20.5 Å². The molecule has 3 aromatic rings. The van der Waals surface area contributed by atoms with Gasteiger partial charge in [-0.3, -0.25) is 19.8 Å². The molecule has 0 N–H and O–H groups in total. The number of methoxy groups -OCH3 is 1. The monoisotopic (exact) mass is 584 g/mol. The summed E-state index contributed by atoms with van der Waals surface area (Å²) in [6.45, 7) is 4.23. The number of nitro benzene ring substituents is 1. The molecule has 0 unspecified atom stereocenters. The lowest BCUT2D eigenvalue weighted by molar-refractivity contribution is -0.384. The van der Waals surface area contributed by atoms with Crippen molar-refractivity contribution in [3.05, 3.63) is 96.3 Å². The number of thiocarbonyl (C=S) groups is 1. The fourth-order valence-corrected chi connectivity index (χ4v) is 5.23. The van der Waals surface area contributed by atoms with Crippen LogP contribution in [0, 0.1) is 24.0 Å². The van der Waals surface area contributed by atoms with Crippen molar-refractivity contribution < 1.29 is 19.2 Å². The predicted octanol–water partition coefficient (Wildman–Crippen LogP) is 6.97. The highest BCUT2D eigenvalue weighted by Crippen LogP contribution is 2.40. The van der Waals surface area contributed by atoms with Crippen molar-refractivity contribution >= 4 is 67.6 Å². The Morgan fingerprint density at radius 2 is 1.81 bits per heavy atom. The smallest absolute Gasteiger partial charge is 0.270 e. The van der Waals surface area contributed by atoms with Crippen LogP contribution in [0.1, 0.15) is 22.3 Å². The van der Waals surface area contributed by atoms with Crippen LogP contribution in [0.3, 0.4) is 0 Å². The molecule has 36 heavy (non-hydrogen) atoms. The number of hydrogen-bond acceptors (Lipinski definition) is 7. The van der Waals surface area contributed by atoms with Crippen LogP contribution >= 0.6 is 39.9 Å². The van der Waals surface area contributed by atoms with Gasteiger partial charge in [0.05, 0.1) is 22.6 Å². The van der Waals surface area contributed by atoms with E-state index in [4.69, 9.17) is 21.7 Å². The number of nitrogens with zero attached hydrogens (tertiary/aromatic N) is 2. The molecule has 0 atom stereocenters. The molecule has 7 nitrogen and oxygen atoms in total. The molecule has 10 heteroatoms. The van der Waals surface area contributed by atoms with Crippen LogP contribution in [0.2, 0.25) is 0 Å². The number of hydrogen-bond donors (Lipinski definition) is 0. The molecule has 0 aliphatic carbocycles. The largest absolute Gasteiger partial charge is 0.493 e. The van der Waals surface area contributed by atoms with Crippen molar-refractivity contribution in [2.75, 3.05) is 12.0 Å². The average molecular weight is 586 g/mol. The maximum absolute atomic E-state index is 13.2. The summed E-state index contributed by atoms with van der Waals surface area (Å²) in [4.78, 5) is 25.7. The number of thioether (sulfide) groups is 1. The highest BCUT2D eigenvalue weighted by atomic mass is 79.9. The maximum atomic E-state index is 13.2. The van der Waals surface area contributed by atoms with Crippen molar-refractivity contribution in [3.63, 3.8) is 0 Å². The zero-order chi connectivity index (χ0) is 26.0. The van der Waals surface area contributed by atoms with E-state index >= 15 is 0 Å². The number of aryl methyl sites for hydroxylation is 2. The van der Waals surface area contributed by atoms with Crippen LogP contribution in [0.25, 0.3) is 6.08 Å². The van der Waals surface area contributed by atoms with E-state index < -0.39 is 4.92 Å². The van der Waals surface area contributed by atoms with Crippen LogP contribution in [0.4, 0.5) is 11.4 Å². The third kappa shape index (κ3) is 5.45. The average Bonchev–Trinajstić information content (AvgIpc) is 3.13. The third-order valence-corrected chi connectivity index (χ3v) is 7.64. The number of carbonyl (C=O) groups is 1. The van der Waals surface area contributed by atoms with Crippen LogP contribution < -0.4 is 14.4 Å². The van der Waals surface area contributed by atoms with E-state index in [0.717, 1.165) is 27.9 Å². The first kappa shape index (κ1) is 25.9. The SMILES string of the molecule is COc1cc(/C=C2/SC(=S)N(c3ccc(C)c(C)c3)C2=O)c(Br)cc1OCc1ccc([N+](=O)[O-])cc1. The van der Waals surface area contributed by atoms with Crippen molar-refractivity contribution in [2.24, 2.45) is 0 Å². The summed E-state index contributed by atoms with van der Waals surface area (Å²) < 4.78 is 12.6. The fourth-order valence-electron chi connectivity index (χ4n) is 3.51. The molecule has 3 aromatic carbocycles. The molecule has 1 aliphatic rings. The first-order valence-electron chi connectivity index (χ1n) is 10.8. The van der Waals surface area contributed by atoms with Crippen molar-refractivity contribution in [1.29, 1.82) is 0 Å². The maximum Gasteiger partial charge on any atom is 0.270 e. The van der Waals surface area contributed by atoms with Crippen molar-refractivity contribution in [3.8, 4) is 11.5 Å². The van der Waals surface area contributed by atoms with Crippen LogP contribution in [0.15, 0.2) is 64.0 Å². The lowest BCUT2D eigenvalue weighted by Crippen LogP contribution is -2.27. The lowest BCUT2D eigenvalue weighted by atomic mass is 10.1. The minimum atomic E-state index is -0.445. The summed E-state index contributed by atoms with van der Waals surface area (Å²) in [5.74, 6) is 0.788. The summed E-state index contributed by atoms with van der Waals surface area (Å²) in [6.07, 6.45) is 1.77. The minimum absolute atomic E-state index is 0.0198. The first-order chi connectivity index (χ1) is 17.2. The molecule has 184 valence electrons. The molecule has 1 saturated heterocycles.